The average Bonchev–Trinajstić information content (AvgIpc) is 2.04. The number of nitrogens with zero attached hydrogens (tertiary/aromatic N) is 1. The summed E-state index contributed by atoms with van der Waals surface area (Å²) in [5.74, 6) is 0.524. The number of ketones is 1. The lowest BCUT2D eigenvalue weighted by atomic mass is 10.2. The zero-order valence-corrected chi connectivity index (χ0v) is 7.09. The molecule has 0 unspecified atom stereocenters. The fourth-order valence-corrected chi connectivity index (χ4v) is 0.949. The Balaban J connectivity index is 3.21. The van der Waals surface area contributed by atoms with Gasteiger partial charge in [0.15, 0.2) is 5.78 Å². The first kappa shape index (κ1) is 8.52. The van der Waals surface area contributed by atoms with Gasteiger partial charge >= 0.3 is 0 Å². The van der Waals surface area contributed by atoms with E-state index in [1.165, 1.54) is 13.1 Å². The second-order valence-corrected chi connectivity index (χ2v) is 2.47. The van der Waals surface area contributed by atoms with Crippen LogP contribution in [-0.2, 0) is 0 Å². The van der Waals surface area contributed by atoms with Crippen LogP contribution in [0.15, 0.2) is 12.3 Å². The molecule has 3 N–H and O–H groups in total. The molecule has 1 rings (SSSR count). The third kappa shape index (κ3) is 1.53. The summed E-state index contributed by atoms with van der Waals surface area (Å²) in [4.78, 5) is 15.0. The molecule has 0 atom stereocenters. The molecule has 0 saturated heterocycles. The number of nitrogen functional groups attached to an aromatic ring is 1. The zero-order chi connectivity index (χ0) is 9.14. The summed E-state index contributed by atoms with van der Waals surface area (Å²) in [6.07, 6.45) is 1.51. The van der Waals surface area contributed by atoms with Crippen LogP contribution in [0, 0.1) is 0 Å². The van der Waals surface area contributed by atoms with Crippen LogP contribution < -0.4 is 11.1 Å². The van der Waals surface area contributed by atoms with Crippen LogP contribution in [0.3, 0.4) is 0 Å². The highest BCUT2D eigenvalue weighted by molar-refractivity contribution is 5.99. The number of Topliss-reactive ketones (excluding diaryl/α,β-unsaturated/α-hetero) is 1. The minimum atomic E-state index is -0.0425. The van der Waals surface area contributed by atoms with E-state index in [1.54, 1.807) is 13.1 Å². The van der Waals surface area contributed by atoms with Crippen molar-refractivity contribution >= 4 is 17.3 Å². The molecule has 0 fully saturated rings. The summed E-state index contributed by atoms with van der Waals surface area (Å²) in [5, 5.41) is 2.82. The number of hydrogen-bond acceptors (Lipinski definition) is 4. The number of nitrogens with one attached hydrogen (secondary N) is 1. The fourth-order valence-electron chi connectivity index (χ4n) is 0.949. The van der Waals surface area contributed by atoms with E-state index in [0.717, 1.165) is 0 Å². The van der Waals surface area contributed by atoms with E-state index in [0.29, 0.717) is 17.1 Å². The number of rotatable bonds is 2. The van der Waals surface area contributed by atoms with Crippen molar-refractivity contribution in [2.45, 2.75) is 6.92 Å². The number of hydrogen-bond donors (Lipinski definition) is 2. The molecule has 0 aliphatic rings. The topological polar surface area (TPSA) is 68.0 Å². The summed E-state index contributed by atoms with van der Waals surface area (Å²) >= 11 is 0. The Kier molecular flexibility index (Phi) is 2.28. The van der Waals surface area contributed by atoms with Crippen LogP contribution in [0.4, 0.5) is 11.5 Å². The van der Waals surface area contributed by atoms with E-state index in [4.69, 9.17) is 5.73 Å². The molecule has 1 heterocycles. The monoisotopic (exact) mass is 165 g/mol. The van der Waals surface area contributed by atoms with Crippen LogP contribution >= 0.6 is 0 Å². The third-order valence-electron chi connectivity index (χ3n) is 1.52. The lowest BCUT2D eigenvalue weighted by Gasteiger charge is -2.04. The van der Waals surface area contributed by atoms with Gasteiger partial charge in [-0.3, -0.25) is 4.79 Å². The van der Waals surface area contributed by atoms with E-state index in [-0.39, 0.29) is 5.78 Å². The first-order valence-corrected chi connectivity index (χ1v) is 3.59. The van der Waals surface area contributed by atoms with Gasteiger partial charge in [-0.1, -0.05) is 0 Å². The summed E-state index contributed by atoms with van der Waals surface area (Å²) in [5.41, 5.74) is 6.50. The number of aromatic nitrogens is 1. The quantitative estimate of drug-likeness (QED) is 0.639. The summed E-state index contributed by atoms with van der Waals surface area (Å²) in [6, 6.07) is 1.61. The van der Waals surface area contributed by atoms with Crippen molar-refractivity contribution in [3.8, 4) is 0 Å². The van der Waals surface area contributed by atoms with Gasteiger partial charge in [0.2, 0.25) is 0 Å². The first-order chi connectivity index (χ1) is 5.65. The van der Waals surface area contributed by atoms with Gasteiger partial charge in [-0.05, 0) is 13.0 Å². The molecule has 0 aliphatic heterocycles. The Labute approximate surface area is 70.8 Å². The number of anilines is 2. The van der Waals surface area contributed by atoms with E-state index in [1.807, 2.05) is 0 Å². The summed E-state index contributed by atoms with van der Waals surface area (Å²) in [6.45, 7) is 1.48. The molecule has 0 aliphatic carbocycles. The van der Waals surface area contributed by atoms with Crippen molar-refractivity contribution in [2.24, 2.45) is 0 Å². The third-order valence-corrected chi connectivity index (χ3v) is 1.52. The SMILES string of the molecule is CNc1ncc(N)cc1C(C)=O. The highest BCUT2D eigenvalue weighted by Crippen LogP contribution is 2.14. The molecule has 0 spiro atoms. The van der Waals surface area contributed by atoms with E-state index in [9.17, 15) is 4.79 Å². The van der Waals surface area contributed by atoms with Gasteiger partial charge in [-0.25, -0.2) is 4.98 Å². The molecule has 0 radical (unpaired) electrons. The molecule has 0 amide bonds. The van der Waals surface area contributed by atoms with Crippen molar-refractivity contribution in [1.29, 1.82) is 0 Å². The number of nitrogens with two attached hydrogens (primary N) is 1. The van der Waals surface area contributed by atoms with Crippen molar-refractivity contribution < 1.29 is 4.79 Å². The average molecular weight is 165 g/mol. The van der Waals surface area contributed by atoms with Gasteiger partial charge < -0.3 is 11.1 Å². The molecule has 1 aromatic rings. The van der Waals surface area contributed by atoms with Gasteiger partial charge in [0.05, 0.1) is 17.4 Å². The smallest absolute Gasteiger partial charge is 0.163 e. The van der Waals surface area contributed by atoms with Gasteiger partial charge in [0.1, 0.15) is 5.82 Å². The highest BCUT2D eigenvalue weighted by atomic mass is 16.1. The van der Waals surface area contributed by atoms with Gasteiger partial charge in [-0.2, -0.15) is 0 Å². The molecule has 12 heavy (non-hydrogen) atoms. The molecule has 4 nitrogen and oxygen atoms in total. The van der Waals surface area contributed by atoms with Crippen molar-refractivity contribution in [3.63, 3.8) is 0 Å². The molecule has 0 aromatic carbocycles. The van der Waals surface area contributed by atoms with Gasteiger partial charge in [0, 0.05) is 7.05 Å². The largest absolute Gasteiger partial charge is 0.397 e. The Morgan fingerprint density at radius 1 is 1.67 bits per heavy atom. The van der Waals surface area contributed by atoms with Crippen molar-refractivity contribution in [1.82, 2.24) is 4.98 Å². The van der Waals surface area contributed by atoms with E-state index in [2.05, 4.69) is 10.3 Å². The molecule has 0 saturated carbocycles. The number of carbonyl (C=O) groups is 1. The highest BCUT2D eigenvalue weighted by Gasteiger charge is 2.06. The molecular weight excluding hydrogens is 154 g/mol. The van der Waals surface area contributed by atoms with Crippen LogP contribution in [0.2, 0.25) is 0 Å². The summed E-state index contributed by atoms with van der Waals surface area (Å²) < 4.78 is 0. The fraction of sp³-hybridized carbons (Fsp3) is 0.250. The maximum absolute atomic E-state index is 11.0. The summed E-state index contributed by atoms with van der Waals surface area (Å²) in [7, 11) is 1.71. The number of carbonyl (C=O) groups excluding carboxylic acids is 1. The first-order valence-electron chi connectivity index (χ1n) is 3.59. The lowest BCUT2D eigenvalue weighted by Crippen LogP contribution is -2.03. The van der Waals surface area contributed by atoms with Gasteiger partial charge in [0.25, 0.3) is 0 Å². The minimum Gasteiger partial charge on any atom is -0.397 e. The number of pyridine rings is 1. The zero-order valence-electron chi connectivity index (χ0n) is 7.09. The lowest BCUT2D eigenvalue weighted by molar-refractivity contribution is 0.101. The minimum absolute atomic E-state index is 0.0425. The predicted octanol–water partition coefficient (Wildman–Crippen LogP) is 0.908. The molecule has 1 aromatic heterocycles. The Morgan fingerprint density at radius 2 is 2.33 bits per heavy atom. The normalized spacial score (nSPS) is 9.50. The molecular formula is C8H11N3O. The molecule has 64 valence electrons. The van der Waals surface area contributed by atoms with Crippen molar-refractivity contribution in [2.75, 3.05) is 18.1 Å². The maximum Gasteiger partial charge on any atom is 0.163 e. The second-order valence-electron chi connectivity index (χ2n) is 2.47. The van der Waals surface area contributed by atoms with Gasteiger partial charge in [-0.15, -0.1) is 0 Å². The Bertz CT molecular complexity index is 309. The van der Waals surface area contributed by atoms with Crippen LogP contribution in [-0.4, -0.2) is 17.8 Å². The van der Waals surface area contributed by atoms with Crippen molar-refractivity contribution in [3.05, 3.63) is 17.8 Å². The van der Waals surface area contributed by atoms with Crippen LogP contribution in [0.5, 0.6) is 0 Å². The Hall–Kier alpha value is -1.58. The molecule has 4 heteroatoms. The van der Waals surface area contributed by atoms with E-state index >= 15 is 0 Å². The van der Waals surface area contributed by atoms with Crippen LogP contribution in [0.25, 0.3) is 0 Å². The predicted molar refractivity (Wildman–Crippen MR) is 48.2 cm³/mol. The second kappa shape index (κ2) is 3.21. The Morgan fingerprint density at radius 3 is 2.83 bits per heavy atom. The van der Waals surface area contributed by atoms with Crippen LogP contribution in [0.1, 0.15) is 17.3 Å². The maximum atomic E-state index is 11.0. The molecule has 0 bridgehead atoms. The van der Waals surface area contributed by atoms with E-state index < -0.39 is 0 Å². The standard InChI is InChI=1S/C8H11N3O/c1-5(12)7-3-6(9)4-11-8(7)10-2/h3-4H,9H2,1-2H3,(H,10,11).